The van der Waals surface area contributed by atoms with Crippen molar-refractivity contribution in [3.63, 3.8) is 0 Å². The summed E-state index contributed by atoms with van der Waals surface area (Å²) in [6, 6.07) is 14.4. The molecule has 2 aromatic carbocycles. The van der Waals surface area contributed by atoms with Crippen molar-refractivity contribution in [3.8, 4) is 0 Å². The van der Waals surface area contributed by atoms with Crippen LogP contribution in [0.3, 0.4) is 0 Å². The lowest BCUT2D eigenvalue weighted by molar-refractivity contribution is -0.128. The van der Waals surface area contributed by atoms with Crippen molar-refractivity contribution in [1.29, 1.82) is 0 Å². The van der Waals surface area contributed by atoms with Gasteiger partial charge in [0.05, 0.1) is 10.8 Å². The molecule has 2 heterocycles. The number of anilines is 1. The van der Waals surface area contributed by atoms with E-state index in [1.54, 1.807) is 27.4 Å². The maximum absolute atomic E-state index is 13.1. The Bertz CT molecular complexity index is 1110. The van der Waals surface area contributed by atoms with Gasteiger partial charge in [-0.3, -0.25) is 9.59 Å². The van der Waals surface area contributed by atoms with E-state index in [-0.39, 0.29) is 23.1 Å². The van der Waals surface area contributed by atoms with Crippen molar-refractivity contribution in [1.82, 2.24) is 9.21 Å². The number of carbonyl (C=O) groups excluding carboxylic acids is 2. The molecule has 33 heavy (non-hydrogen) atoms. The van der Waals surface area contributed by atoms with Gasteiger partial charge in [-0.05, 0) is 43.5 Å². The average molecular weight is 470 g/mol. The second-order valence-corrected chi connectivity index (χ2v) is 10.9. The van der Waals surface area contributed by atoms with E-state index in [9.17, 15) is 18.0 Å². The molecule has 0 spiro atoms. The molecule has 2 aliphatic rings. The molecule has 0 aliphatic carbocycles. The van der Waals surface area contributed by atoms with E-state index in [4.69, 9.17) is 0 Å². The SMILES string of the molecule is Cc1ccc(CN2C[C@H](C(=O)Nc3cccc(S(=O)(=O)N4CCCCCC4)c3)CC2=O)cc1. The zero-order valence-electron chi connectivity index (χ0n) is 19.0. The molecule has 2 aliphatic heterocycles. The third kappa shape index (κ3) is 5.62. The first-order valence-electron chi connectivity index (χ1n) is 11.6. The monoisotopic (exact) mass is 469 g/mol. The lowest BCUT2D eigenvalue weighted by Gasteiger charge is -2.20. The van der Waals surface area contributed by atoms with E-state index in [0.29, 0.717) is 31.9 Å². The second-order valence-electron chi connectivity index (χ2n) is 9.00. The molecule has 2 aromatic rings. The van der Waals surface area contributed by atoms with Crippen LogP contribution in [0.15, 0.2) is 53.4 Å². The van der Waals surface area contributed by atoms with Crippen LogP contribution in [0.5, 0.6) is 0 Å². The standard InChI is InChI=1S/C25H31N3O4S/c1-19-9-11-20(12-10-19)17-27-18-21(15-24(27)29)25(30)26-22-7-6-8-23(16-22)33(31,32)28-13-4-2-3-5-14-28/h6-12,16,21H,2-5,13-15,17-18H2,1H3,(H,26,30)/t21-/m1/s1. The van der Waals surface area contributed by atoms with Crippen LogP contribution < -0.4 is 5.32 Å². The predicted octanol–water partition coefficient (Wildman–Crippen LogP) is 3.55. The summed E-state index contributed by atoms with van der Waals surface area (Å²) >= 11 is 0. The van der Waals surface area contributed by atoms with Crippen LogP contribution in [0.25, 0.3) is 0 Å². The van der Waals surface area contributed by atoms with E-state index in [0.717, 1.165) is 36.8 Å². The zero-order chi connectivity index (χ0) is 23.4. The third-order valence-electron chi connectivity index (χ3n) is 6.38. The van der Waals surface area contributed by atoms with Crippen LogP contribution in [0.1, 0.15) is 43.2 Å². The van der Waals surface area contributed by atoms with E-state index < -0.39 is 15.9 Å². The summed E-state index contributed by atoms with van der Waals surface area (Å²) in [7, 11) is -3.60. The maximum atomic E-state index is 13.1. The van der Waals surface area contributed by atoms with Gasteiger partial charge in [0.25, 0.3) is 0 Å². The molecule has 0 radical (unpaired) electrons. The van der Waals surface area contributed by atoms with Crippen LogP contribution in [0, 0.1) is 12.8 Å². The fourth-order valence-corrected chi connectivity index (χ4v) is 5.99. The fraction of sp³-hybridized carbons (Fsp3) is 0.440. The van der Waals surface area contributed by atoms with Gasteiger partial charge in [0.2, 0.25) is 21.8 Å². The summed E-state index contributed by atoms with van der Waals surface area (Å²) in [5.41, 5.74) is 2.62. The number of hydrogen-bond acceptors (Lipinski definition) is 4. The molecule has 176 valence electrons. The van der Waals surface area contributed by atoms with Crippen molar-refractivity contribution >= 4 is 27.5 Å². The molecule has 0 aromatic heterocycles. The van der Waals surface area contributed by atoms with Crippen molar-refractivity contribution in [2.75, 3.05) is 25.0 Å². The van der Waals surface area contributed by atoms with Crippen molar-refractivity contribution in [2.45, 2.75) is 50.5 Å². The van der Waals surface area contributed by atoms with E-state index >= 15 is 0 Å². The summed E-state index contributed by atoms with van der Waals surface area (Å²) < 4.78 is 27.7. The van der Waals surface area contributed by atoms with Gasteiger partial charge in [-0.2, -0.15) is 4.31 Å². The number of sulfonamides is 1. The second kappa shape index (κ2) is 10.1. The van der Waals surface area contributed by atoms with Crippen LogP contribution in [0.2, 0.25) is 0 Å². The lowest BCUT2D eigenvalue weighted by Crippen LogP contribution is -2.32. The predicted molar refractivity (Wildman–Crippen MR) is 127 cm³/mol. The normalized spacial score (nSPS) is 20.0. The highest BCUT2D eigenvalue weighted by Crippen LogP contribution is 2.25. The first kappa shape index (κ1) is 23.4. The molecular formula is C25H31N3O4S. The lowest BCUT2D eigenvalue weighted by atomic mass is 10.1. The number of carbonyl (C=O) groups is 2. The van der Waals surface area contributed by atoms with Gasteiger partial charge in [0.1, 0.15) is 0 Å². The molecule has 0 unspecified atom stereocenters. The number of nitrogens with one attached hydrogen (secondary N) is 1. The number of aryl methyl sites for hydroxylation is 1. The van der Waals surface area contributed by atoms with Crippen LogP contribution >= 0.6 is 0 Å². The number of benzene rings is 2. The number of likely N-dealkylation sites (tertiary alicyclic amines) is 1. The highest BCUT2D eigenvalue weighted by Gasteiger charge is 2.34. The minimum atomic E-state index is -3.60. The number of rotatable bonds is 6. The molecule has 1 N–H and O–H groups in total. The van der Waals surface area contributed by atoms with Gasteiger partial charge in [-0.15, -0.1) is 0 Å². The Morgan fingerprint density at radius 2 is 1.73 bits per heavy atom. The first-order valence-corrected chi connectivity index (χ1v) is 13.0. The number of nitrogens with zero attached hydrogens (tertiary/aromatic N) is 2. The summed E-state index contributed by atoms with van der Waals surface area (Å²) in [6.07, 6.45) is 3.98. The summed E-state index contributed by atoms with van der Waals surface area (Å²) in [5, 5.41) is 2.82. The van der Waals surface area contributed by atoms with Gasteiger partial charge in [-0.1, -0.05) is 48.7 Å². The van der Waals surface area contributed by atoms with E-state index in [1.165, 1.54) is 6.07 Å². The van der Waals surface area contributed by atoms with Gasteiger partial charge < -0.3 is 10.2 Å². The van der Waals surface area contributed by atoms with Crippen LogP contribution in [-0.4, -0.2) is 49.1 Å². The molecule has 2 fully saturated rings. The van der Waals surface area contributed by atoms with Crippen LogP contribution in [0.4, 0.5) is 5.69 Å². The Hall–Kier alpha value is -2.71. The van der Waals surface area contributed by atoms with Gasteiger partial charge in [-0.25, -0.2) is 8.42 Å². The van der Waals surface area contributed by atoms with E-state index in [2.05, 4.69) is 5.32 Å². The topological polar surface area (TPSA) is 86.8 Å². The van der Waals surface area contributed by atoms with Gasteiger partial charge >= 0.3 is 0 Å². The molecule has 2 amide bonds. The average Bonchev–Trinajstić information content (AvgIpc) is 2.99. The summed E-state index contributed by atoms with van der Waals surface area (Å²) in [4.78, 5) is 27.2. The van der Waals surface area contributed by atoms with Gasteiger partial charge in [0, 0.05) is 38.3 Å². The number of amides is 2. The Morgan fingerprint density at radius 3 is 2.42 bits per heavy atom. The Morgan fingerprint density at radius 1 is 1.03 bits per heavy atom. The highest BCUT2D eigenvalue weighted by atomic mass is 32.2. The molecule has 8 heteroatoms. The fourth-order valence-electron chi connectivity index (χ4n) is 4.42. The van der Waals surface area contributed by atoms with Crippen molar-refractivity contribution < 1.29 is 18.0 Å². The maximum Gasteiger partial charge on any atom is 0.243 e. The molecule has 0 bridgehead atoms. The largest absolute Gasteiger partial charge is 0.338 e. The minimum absolute atomic E-state index is 0.0479. The van der Waals surface area contributed by atoms with Gasteiger partial charge in [0.15, 0.2) is 0 Å². The number of hydrogen-bond donors (Lipinski definition) is 1. The summed E-state index contributed by atoms with van der Waals surface area (Å²) in [5.74, 6) is -0.777. The summed E-state index contributed by atoms with van der Waals surface area (Å²) in [6.45, 7) is 3.90. The molecule has 7 nitrogen and oxygen atoms in total. The molecule has 0 saturated carbocycles. The van der Waals surface area contributed by atoms with Crippen molar-refractivity contribution in [3.05, 3.63) is 59.7 Å². The Labute approximate surface area is 195 Å². The van der Waals surface area contributed by atoms with E-state index in [1.807, 2.05) is 31.2 Å². The zero-order valence-corrected chi connectivity index (χ0v) is 19.8. The van der Waals surface area contributed by atoms with Crippen LogP contribution in [-0.2, 0) is 26.2 Å². The molecule has 4 rings (SSSR count). The first-order chi connectivity index (χ1) is 15.8. The third-order valence-corrected chi connectivity index (χ3v) is 8.28. The molecule has 1 atom stereocenters. The molecular weight excluding hydrogens is 438 g/mol. The van der Waals surface area contributed by atoms with Crippen molar-refractivity contribution in [2.24, 2.45) is 5.92 Å². The Balaban J connectivity index is 1.40. The Kier molecular flexibility index (Phi) is 7.14. The smallest absolute Gasteiger partial charge is 0.243 e. The highest BCUT2D eigenvalue weighted by molar-refractivity contribution is 7.89. The minimum Gasteiger partial charge on any atom is -0.338 e. The molecule has 2 saturated heterocycles. The quantitative estimate of drug-likeness (QED) is 0.701.